The number of carboxylic acids is 1. The Morgan fingerprint density at radius 1 is 1.10 bits per heavy atom. The van der Waals surface area contributed by atoms with E-state index < -0.39 is 35.0 Å². The first-order valence-electron chi connectivity index (χ1n) is 13.7. The van der Waals surface area contributed by atoms with Gasteiger partial charge in [0.2, 0.25) is 0 Å². The molecule has 7 nitrogen and oxygen atoms in total. The topological polar surface area (TPSA) is 82.7 Å². The molecule has 2 aromatic carbocycles. The van der Waals surface area contributed by atoms with Crippen molar-refractivity contribution in [3.63, 3.8) is 0 Å². The summed E-state index contributed by atoms with van der Waals surface area (Å²) in [5.41, 5.74) is 2.33. The molecule has 0 aliphatic carbocycles. The second-order valence-corrected chi connectivity index (χ2v) is 11.6. The summed E-state index contributed by atoms with van der Waals surface area (Å²) in [5, 5.41) is 10.9. The number of alkyl halides is 3. The average Bonchev–Trinajstić information content (AvgIpc) is 3.33. The van der Waals surface area contributed by atoms with Gasteiger partial charge in [0.25, 0.3) is 5.56 Å². The molecule has 1 unspecified atom stereocenters. The summed E-state index contributed by atoms with van der Waals surface area (Å²) in [5.74, 6) is -0.450. The Morgan fingerprint density at radius 2 is 1.79 bits per heavy atom. The van der Waals surface area contributed by atoms with Crippen LogP contribution in [-0.2, 0) is 35.7 Å². The van der Waals surface area contributed by atoms with Crippen LogP contribution in [-0.4, -0.2) is 32.4 Å². The molecule has 0 spiro atoms. The van der Waals surface area contributed by atoms with Crippen LogP contribution in [0.1, 0.15) is 61.2 Å². The number of benzene rings is 2. The number of fused-ring (bicyclic) bond motifs is 2. The number of aromatic nitrogens is 2. The second kappa shape index (κ2) is 10.7. The number of carbonyl (C=O) groups is 1. The lowest BCUT2D eigenvalue weighted by Crippen LogP contribution is -2.33. The Hall–Kier alpha value is -4.05. The molecular formula is C32H33F3N2O5. The van der Waals surface area contributed by atoms with Crippen LogP contribution in [0.25, 0.3) is 22.0 Å². The number of halogens is 3. The van der Waals surface area contributed by atoms with Gasteiger partial charge in [0.15, 0.2) is 6.10 Å². The SMILES string of the molecule is Cc1c(-c2c(C(OC(C)(C)C)C(=O)O)n(C)c(=O)c3c2ccn3Cc2ccc(C(F)(F)F)cc2)ccc2c1CCCO2. The summed E-state index contributed by atoms with van der Waals surface area (Å²) in [4.78, 5) is 26.6. The smallest absolute Gasteiger partial charge is 0.416 e. The molecule has 3 heterocycles. The van der Waals surface area contributed by atoms with E-state index in [9.17, 15) is 27.9 Å². The molecular weight excluding hydrogens is 549 g/mol. The maximum absolute atomic E-state index is 13.9. The van der Waals surface area contributed by atoms with Gasteiger partial charge in [-0.1, -0.05) is 18.2 Å². The van der Waals surface area contributed by atoms with Crippen molar-refractivity contribution in [1.29, 1.82) is 0 Å². The molecule has 4 aromatic rings. The van der Waals surface area contributed by atoms with Crippen molar-refractivity contribution in [2.24, 2.45) is 7.05 Å². The molecule has 2 aromatic heterocycles. The zero-order chi connectivity index (χ0) is 30.6. The summed E-state index contributed by atoms with van der Waals surface area (Å²) in [6.45, 7) is 7.98. The standard InChI is InChI=1S/C32H33F3N2O5/c1-18-21-7-6-16-41-24(21)13-12-22(18)25-23-14-15-37(17-19-8-10-20(11-9-19)32(33,34)35)26(23)29(38)36(5)27(25)28(30(39)40)42-31(2,3)4/h8-15,28H,6-7,16-17H2,1-5H3,(H,39,40). The van der Waals surface area contributed by atoms with Gasteiger partial charge in [0.05, 0.1) is 23.5 Å². The van der Waals surface area contributed by atoms with Crippen molar-refractivity contribution >= 4 is 16.9 Å². The molecule has 1 aliphatic rings. The first-order chi connectivity index (χ1) is 19.7. The third kappa shape index (κ3) is 5.43. The molecule has 1 aliphatic heterocycles. The highest BCUT2D eigenvalue weighted by atomic mass is 19.4. The summed E-state index contributed by atoms with van der Waals surface area (Å²) < 4.78 is 54.2. The summed E-state index contributed by atoms with van der Waals surface area (Å²) in [6, 6.07) is 10.3. The van der Waals surface area contributed by atoms with E-state index >= 15 is 0 Å². The van der Waals surface area contributed by atoms with Crippen LogP contribution >= 0.6 is 0 Å². The molecule has 0 saturated carbocycles. The number of rotatable bonds is 6. The Balaban J connectivity index is 1.77. The molecule has 0 saturated heterocycles. The van der Waals surface area contributed by atoms with E-state index in [2.05, 4.69) is 0 Å². The third-order valence-electron chi connectivity index (χ3n) is 7.59. The predicted molar refractivity (Wildman–Crippen MR) is 153 cm³/mol. The Bertz CT molecular complexity index is 1730. The van der Waals surface area contributed by atoms with E-state index in [1.54, 1.807) is 37.6 Å². The lowest BCUT2D eigenvalue weighted by atomic mass is 9.89. The van der Waals surface area contributed by atoms with E-state index in [0.717, 1.165) is 47.4 Å². The number of nitrogens with zero attached hydrogens (tertiary/aromatic N) is 2. The predicted octanol–water partition coefficient (Wildman–Crippen LogP) is 6.65. The van der Waals surface area contributed by atoms with E-state index in [1.807, 2.05) is 19.1 Å². The Morgan fingerprint density at radius 3 is 2.40 bits per heavy atom. The molecule has 42 heavy (non-hydrogen) atoms. The van der Waals surface area contributed by atoms with Gasteiger partial charge in [-0.05, 0) is 87.1 Å². The molecule has 10 heteroatoms. The molecule has 0 fully saturated rings. The van der Waals surface area contributed by atoms with Gasteiger partial charge in [-0.25, -0.2) is 4.79 Å². The minimum Gasteiger partial charge on any atom is -0.493 e. The van der Waals surface area contributed by atoms with E-state index in [-0.39, 0.29) is 12.2 Å². The van der Waals surface area contributed by atoms with Gasteiger partial charge in [-0.3, -0.25) is 4.79 Å². The molecule has 1 atom stereocenters. The van der Waals surface area contributed by atoms with E-state index in [0.29, 0.717) is 28.6 Å². The number of aliphatic carboxylic acids is 1. The fourth-order valence-electron chi connectivity index (χ4n) is 5.66. The lowest BCUT2D eigenvalue weighted by Gasteiger charge is -2.29. The van der Waals surface area contributed by atoms with Crippen molar-refractivity contribution in [1.82, 2.24) is 9.13 Å². The highest BCUT2D eigenvalue weighted by Crippen LogP contribution is 2.42. The molecule has 222 valence electrons. The van der Waals surface area contributed by atoms with Crippen LogP contribution in [0, 0.1) is 6.92 Å². The van der Waals surface area contributed by atoms with Crippen LogP contribution in [0.2, 0.25) is 0 Å². The van der Waals surface area contributed by atoms with Crippen molar-refractivity contribution in [3.8, 4) is 16.9 Å². The summed E-state index contributed by atoms with van der Waals surface area (Å²) in [7, 11) is 1.52. The van der Waals surface area contributed by atoms with Crippen LogP contribution in [0.3, 0.4) is 0 Å². The largest absolute Gasteiger partial charge is 0.493 e. The first kappa shape index (κ1) is 29.4. The van der Waals surface area contributed by atoms with Crippen molar-refractivity contribution in [2.45, 2.75) is 65.0 Å². The third-order valence-corrected chi connectivity index (χ3v) is 7.59. The number of carboxylic acid groups (broad SMARTS) is 1. The van der Waals surface area contributed by atoms with Gasteiger partial charge in [-0.15, -0.1) is 0 Å². The second-order valence-electron chi connectivity index (χ2n) is 11.6. The minimum absolute atomic E-state index is 0.146. The van der Waals surface area contributed by atoms with Crippen LogP contribution in [0.4, 0.5) is 13.2 Å². The van der Waals surface area contributed by atoms with Crippen LogP contribution < -0.4 is 10.3 Å². The zero-order valence-corrected chi connectivity index (χ0v) is 24.1. The van der Waals surface area contributed by atoms with Gasteiger partial charge in [-0.2, -0.15) is 13.2 Å². The van der Waals surface area contributed by atoms with Crippen molar-refractivity contribution in [3.05, 3.63) is 87.0 Å². The van der Waals surface area contributed by atoms with Crippen LogP contribution in [0.5, 0.6) is 5.75 Å². The highest BCUT2D eigenvalue weighted by Gasteiger charge is 2.34. The Labute approximate surface area is 241 Å². The fourth-order valence-corrected chi connectivity index (χ4v) is 5.66. The fraction of sp³-hybridized carbons (Fsp3) is 0.375. The molecule has 0 radical (unpaired) electrons. The van der Waals surface area contributed by atoms with E-state index in [4.69, 9.17) is 9.47 Å². The average molecular weight is 583 g/mol. The molecule has 0 bridgehead atoms. The monoisotopic (exact) mass is 582 g/mol. The van der Waals surface area contributed by atoms with E-state index in [1.165, 1.54) is 23.7 Å². The maximum atomic E-state index is 13.9. The highest BCUT2D eigenvalue weighted by molar-refractivity contribution is 5.99. The van der Waals surface area contributed by atoms with Gasteiger partial charge >= 0.3 is 12.1 Å². The quantitative estimate of drug-likeness (QED) is 0.275. The molecule has 5 rings (SSSR count). The van der Waals surface area contributed by atoms with Gasteiger partial charge in [0.1, 0.15) is 11.3 Å². The van der Waals surface area contributed by atoms with Crippen molar-refractivity contribution < 1.29 is 32.5 Å². The van der Waals surface area contributed by atoms with Crippen LogP contribution in [0.15, 0.2) is 53.5 Å². The normalized spacial score (nSPS) is 14.5. The summed E-state index contributed by atoms with van der Waals surface area (Å²) >= 11 is 0. The van der Waals surface area contributed by atoms with Gasteiger partial charge < -0.3 is 23.7 Å². The molecule has 1 N–H and O–H groups in total. The van der Waals surface area contributed by atoms with Gasteiger partial charge in [0, 0.05) is 30.7 Å². The maximum Gasteiger partial charge on any atom is 0.416 e. The minimum atomic E-state index is -4.45. The molecule has 0 amide bonds. The zero-order valence-electron chi connectivity index (χ0n) is 24.1. The van der Waals surface area contributed by atoms with Crippen molar-refractivity contribution in [2.75, 3.05) is 6.61 Å². The number of pyridine rings is 1. The summed E-state index contributed by atoms with van der Waals surface area (Å²) in [6.07, 6.45) is -2.55. The number of ether oxygens (including phenoxy) is 2. The first-order valence-corrected chi connectivity index (χ1v) is 13.7. The lowest BCUT2D eigenvalue weighted by molar-refractivity contribution is -0.161. The Kier molecular flexibility index (Phi) is 7.47. The number of hydrogen-bond acceptors (Lipinski definition) is 4. The number of hydrogen-bond donors (Lipinski definition) is 1.